The van der Waals surface area contributed by atoms with Gasteiger partial charge in [-0.1, -0.05) is 20.8 Å². The van der Waals surface area contributed by atoms with Crippen LogP contribution in [0.3, 0.4) is 0 Å². The van der Waals surface area contributed by atoms with Crippen molar-refractivity contribution in [2.45, 2.75) is 34.6 Å². The highest BCUT2D eigenvalue weighted by atomic mass is 14.8. The molecule has 0 bridgehead atoms. The summed E-state index contributed by atoms with van der Waals surface area (Å²) in [4.78, 5) is 8.31. The Balaban J connectivity index is 4.67. The SMILES string of the molecule is C\C=N/C=C(\N=C/C)C(C)(C)C. The van der Waals surface area contributed by atoms with Crippen LogP contribution in [0.25, 0.3) is 0 Å². The summed E-state index contributed by atoms with van der Waals surface area (Å²) in [7, 11) is 0. The van der Waals surface area contributed by atoms with Gasteiger partial charge >= 0.3 is 0 Å². The van der Waals surface area contributed by atoms with Gasteiger partial charge < -0.3 is 0 Å². The fraction of sp³-hybridized carbons (Fsp3) is 0.600. The smallest absolute Gasteiger partial charge is 0.0635 e. The summed E-state index contributed by atoms with van der Waals surface area (Å²) in [5, 5.41) is 0. The molecule has 12 heavy (non-hydrogen) atoms. The Labute approximate surface area is 75.1 Å². The molecule has 0 N–H and O–H groups in total. The van der Waals surface area contributed by atoms with Crippen LogP contribution in [0.15, 0.2) is 21.9 Å². The number of nitrogens with zero attached hydrogens (tertiary/aromatic N) is 2. The van der Waals surface area contributed by atoms with Crippen molar-refractivity contribution in [2.24, 2.45) is 15.4 Å². The molecule has 0 aromatic rings. The zero-order valence-corrected chi connectivity index (χ0v) is 8.63. The first-order valence-electron chi connectivity index (χ1n) is 4.19. The van der Waals surface area contributed by atoms with Gasteiger partial charge in [-0.25, -0.2) is 0 Å². The van der Waals surface area contributed by atoms with Gasteiger partial charge in [-0.3, -0.25) is 9.98 Å². The normalized spacial score (nSPS) is 14.9. The van der Waals surface area contributed by atoms with Gasteiger partial charge in [0.25, 0.3) is 0 Å². The molecule has 2 heteroatoms. The number of hydrogen-bond donors (Lipinski definition) is 0. The summed E-state index contributed by atoms with van der Waals surface area (Å²) in [5.74, 6) is 0. The van der Waals surface area contributed by atoms with Crippen LogP contribution in [0, 0.1) is 5.41 Å². The highest BCUT2D eigenvalue weighted by Gasteiger charge is 2.15. The van der Waals surface area contributed by atoms with Gasteiger partial charge in [-0.15, -0.1) is 0 Å². The molecule has 0 saturated heterocycles. The standard InChI is InChI=1S/C10H18N2/c1-6-11-8-9(12-7-2)10(3,4)5/h6-8H,1-5H3/b9-8-,11-6-,12-7-. The van der Waals surface area contributed by atoms with E-state index >= 15 is 0 Å². The molecule has 0 aromatic carbocycles. The Bertz CT molecular complexity index is 204. The van der Waals surface area contributed by atoms with Crippen molar-refractivity contribution in [3.8, 4) is 0 Å². The average Bonchev–Trinajstić information content (AvgIpc) is 1.95. The van der Waals surface area contributed by atoms with E-state index < -0.39 is 0 Å². The quantitative estimate of drug-likeness (QED) is 0.563. The van der Waals surface area contributed by atoms with Gasteiger partial charge in [0.05, 0.1) is 5.70 Å². The van der Waals surface area contributed by atoms with Crippen molar-refractivity contribution < 1.29 is 0 Å². The lowest BCUT2D eigenvalue weighted by molar-refractivity contribution is 0.497. The number of hydrogen-bond acceptors (Lipinski definition) is 2. The Hall–Kier alpha value is -0.920. The zero-order chi connectivity index (χ0) is 9.61. The van der Waals surface area contributed by atoms with Crippen LogP contribution >= 0.6 is 0 Å². The minimum atomic E-state index is 0.0685. The topological polar surface area (TPSA) is 24.7 Å². The molecule has 0 aliphatic carbocycles. The van der Waals surface area contributed by atoms with Crippen molar-refractivity contribution in [2.75, 3.05) is 0 Å². The lowest BCUT2D eigenvalue weighted by Crippen LogP contribution is -2.07. The number of allylic oxidation sites excluding steroid dienone is 1. The molecule has 0 saturated carbocycles. The number of aliphatic imine (C=N–C) groups is 2. The van der Waals surface area contributed by atoms with Crippen LogP contribution in [-0.4, -0.2) is 12.4 Å². The third kappa shape index (κ3) is 4.06. The van der Waals surface area contributed by atoms with E-state index in [-0.39, 0.29) is 5.41 Å². The Morgan fingerprint density at radius 2 is 1.67 bits per heavy atom. The minimum absolute atomic E-state index is 0.0685. The predicted molar refractivity (Wildman–Crippen MR) is 55.9 cm³/mol. The highest BCUT2D eigenvalue weighted by molar-refractivity contribution is 5.57. The van der Waals surface area contributed by atoms with Gasteiger partial charge in [0, 0.05) is 24.0 Å². The molecule has 0 spiro atoms. The molecule has 0 aliphatic rings. The van der Waals surface area contributed by atoms with Crippen molar-refractivity contribution >= 4 is 12.4 Å². The number of rotatable bonds is 2. The van der Waals surface area contributed by atoms with E-state index in [1.165, 1.54) is 0 Å². The van der Waals surface area contributed by atoms with Gasteiger partial charge in [-0.2, -0.15) is 0 Å². The van der Waals surface area contributed by atoms with Crippen molar-refractivity contribution in [1.82, 2.24) is 0 Å². The summed E-state index contributed by atoms with van der Waals surface area (Å²) in [6.07, 6.45) is 5.36. The Morgan fingerprint density at radius 3 is 2.00 bits per heavy atom. The molecule has 0 heterocycles. The first-order chi connectivity index (χ1) is 5.52. The van der Waals surface area contributed by atoms with Crippen molar-refractivity contribution in [3.63, 3.8) is 0 Å². The first-order valence-corrected chi connectivity index (χ1v) is 4.19. The monoisotopic (exact) mass is 166 g/mol. The fourth-order valence-corrected chi connectivity index (χ4v) is 0.705. The second kappa shape index (κ2) is 4.86. The second-order valence-corrected chi connectivity index (χ2v) is 3.56. The fourth-order valence-electron chi connectivity index (χ4n) is 0.705. The summed E-state index contributed by atoms with van der Waals surface area (Å²) < 4.78 is 0. The van der Waals surface area contributed by atoms with E-state index in [1.807, 2.05) is 13.8 Å². The molecule has 0 aromatic heterocycles. The van der Waals surface area contributed by atoms with Crippen LogP contribution in [0.1, 0.15) is 34.6 Å². The highest BCUT2D eigenvalue weighted by Crippen LogP contribution is 2.25. The maximum Gasteiger partial charge on any atom is 0.0635 e. The molecule has 0 fully saturated rings. The van der Waals surface area contributed by atoms with Gasteiger partial charge in [0.1, 0.15) is 0 Å². The molecule has 68 valence electrons. The van der Waals surface area contributed by atoms with E-state index in [4.69, 9.17) is 0 Å². The largest absolute Gasteiger partial charge is 0.267 e. The van der Waals surface area contributed by atoms with Crippen LogP contribution in [-0.2, 0) is 0 Å². The molecule has 0 atom stereocenters. The summed E-state index contributed by atoms with van der Waals surface area (Å²) in [6.45, 7) is 10.2. The molecule has 0 rings (SSSR count). The molecule has 0 aliphatic heterocycles. The third-order valence-corrected chi connectivity index (χ3v) is 1.38. The van der Waals surface area contributed by atoms with Crippen LogP contribution in [0.5, 0.6) is 0 Å². The van der Waals surface area contributed by atoms with Gasteiger partial charge in [-0.05, 0) is 13.8 Å². The van der Waals surface area contributed by atoms with Crippen LogP contribution < -0.4 is 0 Å². The maximum atomic E-state index is 4.26. The molecule has 0 amide bonds. The Kier molecular flexibility index (Phi) is 4.49. The van der Waals surface area contributed by atoms with Crippen molar-refractivity contribution in [3.05, 3.63) is 11.9 Å². The Morgan fingerprint density at radius 1 is 1.08 bits per heavy atom. The van der Waals surface area contributed by atoms with E-state index in [0.717, 1.165) is 5.70 Å². The zero-order valence-electron chi connectivity index (χ0n) is 8.63. The summed E-state index contributed by atoms with van der Waals surface area (Å²) >= 11 is 0. The van der Waals surface area contributed by atoms with E-state index in [9.17, 15) is 0 Å². The third-order valence-electron chi connectivity index (χ3n) is 1.38. The first kappa shape index (κ1) is 11.1. The van der Waals surface area contributed by atoms with E-state index in [2.05, 4.69) is 30.8 Å². The maximum absolute atomic E-state index is 4.26. The van der Waals surface area contributed by atoms with Crippen LogP contribution in [0.4, 0.5) is 0 Å². The molecular formula is C10H18N2. The van der Waals surface area contributed by atoms with Gasteiger partial charge in [0.2, 0.25) is 0 Å². The van der Waals surface area contributed by atoms with Crippen molar-refractivity contribution in [1.29, 1.82) is 0 Å². The van der Waals surface area contributed by atoms with E-state index in [0.29, 0.717) is 0 Å². The summed E-state index contributed by atoms with van der Waals surface area (Å²) in [6, 6.07) is 0. The minimum Gasteiger partial charge on any atom is -0.267 e. The predicted octanol–water partition coefficient (Wildman–Crippen LogP) is 3.06. The molecule has 2 nitrogen and oxygen atoms in total. The molecular weight excluding hydrogens is 148 g/mol. The average molecular weight is 166 g/mol. The molecule has 0 unspecified atom stereocenters. The van der Waals surface area contributed by atoms with Crippen LogP contribution in [0.2, 0.25) is 0 Å². The molecule has 0 radical (unpaired) electrons. The second-order valence-electron chi connectivity index (χ2n) is 3.56. The lowest BCUT2D eigenvalue weighted by atomic mass is 9.93. The lowest BCUT2D eigenvalue weighted by Gasteiger charge is -2.17. The van der Waals surface area contributed by atoms with E-state index in [1.54, 1.807) is 18.6 Å². The summed E-state index contributed by atoms with van der Waals surface area (Å²) in [5.41, 5.74) is 1.07. The van der Waals surface area contributed by atoms with Gasteiger partial charge in [0.15, 0.2) is 0 Å².